The van der Waals surface area contributed by atoms with Crippen molar-refractivity contribution in [2.75, 3.05) is 24.8 Å². The van der Waals surface area contributed by atoms with Gasteiger partial charge in [-0.25, -0.2) is 4.98 Å². The third kappa shape index (κ3) is 3.11. The number of nitrogen functional groups attached to an aromatic ring is 1. The van der Waals surface area contributed by atoms with Crippen molar-refractivity contribution in [2.45, 2.75) is 13.0 Å². The van der Waals surface area contributed by atoms with Gasteiger partial charge in [0.2, 0.25) is 0 Å². The molecule has 80 valence electrons. The fourth-order valence-corrected chi connectivity index (χ4v) is 1.24. The maximum absolute atomic E-state index is 8.85. The number of nitriles is 1. The summed E-state index contributed by atoms with van der Waals surface area (Å²) in [4.78, 5) is 3.85. The number of nitrogens with two attached hydrogens (primary N) is 1. The number of rotatable bonds is 4. The number of aromatic nitrogens is 1. The Morgan fingerprint density at radius 2 is 2.47 bits per heavy atom. The summed E-state index contributed by atoms with van der Waals surface area (Å²) >= 11 is 0. The number of anilines is 2. The fraction of sp³-hybridized carbons (Fsp3) is 0.400. The second kappa shape index (κ2) is 5.17. The Hall–Kier alpha value is -1.80. The van der Waals surface area contributed by atoms with Crippen LogP contribution in [-0.2, 0) is 4.74 Å². The molecule has 0 radical (unpaired) electrons. The summed E-state index contributed by atoms with van der Waals surface area (Å²) in [6.45, 7) is 2.52. The van der Waals surface area contributed by atoms with E-state index in [2.05, 4.69) is 10.3 Å². The van der Waals surface area contributed by atoms with Gasteiger partial charge in [-0.1, -0.05) is 0 Å². The molecule has 5 nitrogen and oxygen atoms in total. The molecule has 0 amide bonds. The lowest BCUT2D eigenvalue weighted by atomic mass is 10.2. The molecule has 0 spiro atoms. The van der Waals surface area contributed by atoms with Gasteiger partial charge in [0.25, 0.3) is 0 Å². The molecule has 0 aliphatic carbocycles. The van der Waals surface area contributed by atoms with Crippen molar-refractivity contribution < 1.29 is 4.74 Å². The molecule has 0 fully saturated rings. The maximum Gasteiger partial charge on any atom is 0.125 e. The van der Waals surface area contributed by atoms with Crippen LogP contribution in [0.5, 0.6) is 0 Å². The van der Waals surface area contributed by atoms with E-state index in [1.54, 1.807) is 13.2 Å². The molecule has 1 unspecified atom stereocenters. The normalized spacial score (nSPS) is 11.8. The lowest BCUT2D eigenvalue weighted by Crippen LogP contribution is -2.21. The van der Waals surface area contributed by atoms with Crippen molar-refractivity contribution >= 4 is 11.5 Å². The van der Waals surface area contributed by atoms with Gasteiger partial charge in [0, 0.05) is 25.4 Å². The minimum Gasteiger partial charge on any atom is -0.384 e. The number of hydrogen-bond acceptors (Lipinski definition) is 5. The quantitative estimate of drug-likeness (QED) is 0.767. The van der Waals surface area contributed by atoms with Crippen molar-refractivity contribution in [3.63, 3.8) is 0 Å². The first-order chi connectivity index (χ1) is 7.17. The van der Waals surface area contributed by atoms with Crippen LogP contribution in [0.4, 0.5) is 11.5 Å². The molecule has 0 aliphatic heterocycles. The van der Waals surface area contributed by atoms with Crippen LogP contribution in [0.3, 0.4) is 0 Å². The summed E-state index contributed by atoms with van der Waals surface area (Å²) in [5.74, 6) is 0.390. The Balaban J connectivity index is 2.83. The third-order valence-electron chi connectivity index (χ3n) is 1.86. The van der Waals surface area contributed by atoms with Gasteiger partial charge in [-0.2, -0.15) is 5.26 Å². The van der Waals surface area contributed by atoms with Crippen LogP contribution >= 0.6 is 0 Å². The number of methoxy groups -OCH3 is 1. The molecule has 0 aromatic carbocycles. The molecule has 1 rings (SSSR count). The van der Waals surface area contributed by atoms with Crippen LogP contribution in [0.25, 0.3) is 0 Å². The number of ether oxygens (including phenoxy) is 1. The first-order valence-electron chi connectivity index (χ1n) is 4.58. The van der Waals surface area contributed by atoms with Gasteiger partial charge in [0.1, 0.15) is 11.9 Å². The summed E-state index contributed by atoms with van der Waals surface area (Å²) in [5, 5.41) is 12.0. The van der Waals surface area contributed by atoms with E-state index >= 15 is 0 Å². The predicted molar refractivity (Wildman–Crippen MR) is 58.3 cm³/mol. The summed E-state index contributed by atoms with van der Waals surface area (Å²) in [6.07, 6.45) is 1.46. The minimum atomic E-state index is 0.115. The van der Waals surface area contributed by atoms with Gasteiger partial charge in [-0.05, 0) is 6.92 Å². The molecule has 0 bridgehead atoms. The molecule has 1 aromatic rings. The van der Waals surface area contributed by atoms with Gasteiger partial charge in [0.15, 0.2) is 0 Å². The largest absolute Gasteiger partial charge is 0.384 e. The molecule has 15 heavy (non-hydrogen) atoms. The smallest absolute Gasteiger partial charge is 0.125 e. The topological polar surface area (TPSA) is 84.0 Å². The second-order valence-electron chi connectivity index (χ2n) is 3.27. The lowest BCUT2D eigenvalue weighted by molar-refractivity contribution is 0.190. The number of hydrogen-bond donors (Lipinski definition) is 2. The molecular formula is C10H14N4O. The zero-order valence-corrected chi connectivity index (χ0v) is 8.82. The highest BCUT2D eigenvalue weighted by molar-refractivity contribution is 5.61. The van der Waals surface area contributed by atoms with Crippen molar-refractivity contribution in [1.29, 1.82) is 5.26 Å². The molecule has 1 heterocycles. The van der Waals surface area contributed by atoms with Crippen molar-refractivity contribution in [1.82, 2.24) is 4.98 Å². The summed E-state index contributed by atoms with van der Waals surface area (Å²) in [5.41, 5.74) is 6.71. The Labute approximate surface area is 88.9 Å². The van der Waals surface area contributed by atoms with E-state index in [-0.39, 0.29) is 6.04 Å². The number of pyridine rings is 1. The molecule has 0 saturated carbocycles. The van der Waals surface area contributed by atoms with Crippen molar-refractivity contribution in [3.05, 3.63) is 17.8 Å². The van der Waals surface area contributed by atoms with Crippen LogP contribution in [-0.4, -0.2) is 24.7 Å². The molecule has 1 aromatic heterocycles. The monoisotopic (exact) mass is 206 g/mol. The van der Waals surface area contributed by atoms with Crippen LogP contribution < -0.4 is 11.1 Å². The number of nitrogens with zero attached hydrogens (tertiary/aromatic N) is 2. The van der Waals surface area contributed by atoms with Crippen LogP contribution in [0.1, 0.15) is 12.5 Å². The van der Waals surface area contributed by atoms with Gasteiger partial charge in [-0.3, -0.25) is 0 Å². The Morgan fingerprint density at radius 3 is 3.07 bits per heavy atom. The summed E-state index contributed by atoms with van der Waals surface area (Å²) < 4.78 is 4.99. The fourth-order valence-electron chi connectivity index (χ4n) is 1.24. The zero-order valence-electron chi connectivity index (χ0n) is 8.82. The van der Waals surface area contributed by atoms with Gasteiger partial charge in [0.05, 0.1) is 17.9 Å². The molecule has 0 aliphatic rings. The van der Waals surface area contributed by atoms with Crippen LogP contribution in [0.2, 0.25) is 0 Å². The average Bonchev–Trinajstić information content (AvgIpc) is 2.18. The lowest BCUT2D eigenvalue weighted by Gasteiger charge is -2.15. The van der Waals surface area contributed by atoms with E-state index < -0.39 is 0 Å². The molecule has 3 N–H and O–H groups in total. The predicted octanol–water partition coefficient (Wildman–Crippen LogP) is 0.982. The first-order valence-corrected chi connectivity index (χ1v) is 4.58. The highest BCUT2D eigenvalue weighted by Gasteiger charge is 2.06. The van der Waals surface area contributed by atoms with Crippen LogP contribution in [0.15, 0.2) is 12.3 Å². The van der Waals surface area contributed by atoms with Crippen molar-refractivity contribution in [2.24, 2.45) is 0 Å². The molecular weight excluding hydrogens is 192 g/mol. The highest BCUT2D eigenvalue weighted by Crippen LogP contribution is 2.16. The highest BCUT2D eigenvalue weighted by atomic mass is 16.5. The Morgan fingerprint density at radius 1 is 1.73 bits per heavy atom. The first kappa shape index (κ1) is 11.3. The minimum absolute atomic E-state index is 0.115. The Bertz CT molecular complexity index is 372. The van der Waals surface area contributed by atoms with E-state index in [9.17, 15) is 0 Å². The molecule has 5 heteroatoms. The summed E-state index contributed by atoms with van der Waals surface area (Å²) in [7, 11) is 1.63. The maximum atomic E-state index is 8.85. The third-order valence-corrected chi connectivity index (χ3v) is 1.86. The van der Waals surface area contributed by atoms with E-state index in [4.69, 9.17) is 15.7 Å². The van der Waals surface area contributed by atoms with E-state index in [0.29, 0.717) is 23.7 Å². The summed E-state index contributed by atoms with van der Waals surface area (Å²) in [6, 6.07) is 3.81. The standard InChI is InChI=1S/C10H14N4O/c1-7(6-15-2)14-9-3-10(12)13-5-8(9)4-11/h3,5,7H,6H2,1-2H3,(H3,12,13,14). The van der Waals surface area contributed by atoms with E-state index in [0.717, 1.165) is 0 Å². The second-order valence-corrected chi connectivity index (χ2v) is 3.27. The van der Waals surface area contributed by atoms with Gasteiger partial charge >= 0.3 is 0 Å². The molecule has 1 atom stereocenters. The zero-order chi connectivity index (χ0) is 11.3. The van der Waals surface area contributed by atoms with E-state index in [1.807, 2.05) is 13.0 Å². The molecule has 0 saturated heterocycles. The average molecular weight is 206 g/mol. The SMILES string of the molecule is COCC(C)Nc1cc(N)ncc1C#N. The Kier molecular flexibility index (Phi) is 3.89. The van der Waals surface area contributed by atoms with Crippen molar-refractivity contribution in [3.8, 4) is 6.07 Å². The van der Waals surface area contributed by atoms with Gasteiger partial charge in [-0.15, -0.1) is 0 Å². The number of nitrogens with one attached hydrogen (secondary N) is 1. The van der Waals surface area contributed by atoms with Gasteiger partial charge < -0.3 is 15.8 Å². The van der Waals surface area contributed by atoms with Crippen LogP contribution in [0, 0.1) is 11.3 Å². The van der Waals surface area contributed by atoms with E-state index in [1.165, 1.54) is 6.20 Å².